The summed E-state index contributed by atoms with van der Waals surface area (Å²) in [4.78, 5) is 35.8. The Kier molecular flexibility index (Phi) is 6.81. The molecule has 1 fully saturated rings. The molecule has 37 heavy (non-hydrogen) atoms. The average molecular weight is 497 g/mol. The van der Waals surface area contributed by atoms with Crippen LogP contribution in [0.2, 0.25) is 0 Å². The second-order valence-electron chi connectivity index (χ2n) is 9.52. The number of pyridine rings is 1. The third kappa shape index (κ3) is 5.28. The zero-order valence-corrected chi connectivity index (χ0v) is 21.5. The summed E-state index contributed by atoms with van der Waals surface area (Å²) in [5.74, 6) is 0.905. The molecule has 0 unspecified atom stereocenters. The first-order chi connectivity index (χ1) is 17.9. The van der Waals surface area contributed by atoms with Crippen molar-refractivity contribution in [2.24, 2.45) is 0 Å². The van der Waals surface area contributed by atoms with Crippen LogP contribution in [0.4, 0.5) is 17.2 Å². The Morgan fingerprint density at radius 1 is 0.946 bits per heavy atom. The molecule has 0 bridgehead atoms. The van der Waals surface area contributed by atoms with E-state index in [-0.39, 0.29) is 11.8 Å². The smallest absolute Gasteiger partial charge is 0.255 e. The molecule has 4 aromatic rings. The quantitative estimate of drug-likeness (QED) is 0.433. The average Bonchev–Trinajstić information content (AvgIpc) is 3.24. The maximum Gasteiger partial charge on any atom is 0.255 e. The predicted octanol–water partition coefficient (Wildman–Crippen LogP) is 4.20. The molecule has 3 heterocycles. The molecule has 0 radical (unpaired) electrons. The van der Waals surface area contributed by atoms with E-state index in [9.17, 15) is 9.59 Å². The number of aromatic nitrogens is 2. The lowest BCUT2D eigenvalue weighted by Crippen LogP contribution is -2.48. The van der Waals surface area contributed by atoms with E-state index < -0.39 is 0 Å². The third-order valence-corrected chi connectivity index (χ3v) is 6.75. The number of amides is 2. The molecule has 5 rings (SSSR count). The van der Waals surface area contributed by atoms with Crippen LogP contribution in [0.1, 0.15) is 28.5 Å². The maximum atomic E-state index is 13.4. The van der Waals surface area contributed by atoms with Gasteiger partial charge in [0.15, 0.2) is 0 Å². The van der Waals surface area contributed by atoms with Gasteiger partial charge in [-0.3, -0.25) is 14.0 Å². The van der Waals surface area contributed by atoms with Crippen LogP contribution in [0.25, 0.3) is 5.65 Å². The number of fused-ring (bicyclic) bond motifs is 1. The Hall–Kier alpha value is -4.33. The van der Waals surface area contributed by atoms with E-state index in [0.717, 1.165) is 41.5 Å². The minimum atomic E-state index is -0.0883. The third-order valence-electron chi connectivity index (χ3n) is 6.75. The normalized spacial score (nSPS) is 13.6. The molecule has 2 aromatic heterocycles. The summed E-state index contributed by atoms with van der Waals surface area (Å²) in [5, 5.41) is 2.80. The Labute approximate surface area is 217 Å². The largest absolute Gasteiger partial charge is 0.368 e. The van der Waals surface area contributed by atoms with Gasteiger partial charge in [0.2, 0.25) is 5.91 Å². The van der Waals surface area contributed by atoms with Gasteiger partial charge < -0.3 is 20.0 Å². The summed E-state index contributed by atoms with van der Waals surface area (Å²) in [6.07, 6.45) is 1.91. The molecule has 0 spiro atoms. The van der Waals surface area contributed by atoms with E-state index in [1.54, 1.807) is 0 Å². The van der Waals surface area contributed by atoms with Crippen molar-refractivity contribution in [2.75, 3.05) is 48.3 Å². The van der Waals surface area contributed by atoms with E-state index in [1.165, 1.54) is 12.6 Å². The van der Waals surface area contributed by atoms with Crippen LogP contribution in [0.3, 0.4) is 0 Å². The number of rotatable bonds is 6. The second kappa shape index (κ2) is 10.3. The highest BCUT2D eigenvalue weighted by molar-refractivity contribution is 5.94. The van der Waals surface area contributed by atoms with Crippen molar-refractivity contribution in [3.05, 3.63) is 89.7 Å². The van der Waals surface area contributed by atoms with Crippen LogP contribution in [0, 0.1) is 6.92 Å². The molecular weight excluding hydrogens is 464 g/mol. The number of hydrogen-bond acceptors (Lipinski definition) is 5. The van der Waals surface area contributed by atoms with Crippen molar-refractivity contribution in [3.63, 3.8) is 0 Å². The SMILES string of the molecule is CC(=O)Nc1ccc(CN(C)c2c(C)nc3ccc(C(=O)N4CCN(c5ccccc5)CC4)cn23)cc1. The zero-order chi connectivity index (χ0) is 25.9. The number of nitrogens with one attached hydrogen (secondary N) is 1. The monoisotopic (exact) mass is 496 g/mol. The summed E-state index contributed by atoms with van der Waals surface area (Å²) in [7, 11) is 2.02. The molecule has 8 nitrogen and oxygen atoms in total. The molecule has 190 valence electrons. The number of carbonyl (C=O) groups excluding carboxylic acids is 2. The van der Waals surface area contributed by atoms with Crippen molar-refractivity contribution < 1.29 is 9.59 Å². The van der Waals surface area contributed by atoms with Crippen LogP contribution < -0.4 is 15.1 Å². The Morgan fingerprint density at radius 2 is 1.65 bits per heavy atom. The van der Waals surface area contributed by atoms with Gasteiger partial charge >= 0.3 is 0 Å². The standard InChI is InChI=1S/C29H32N6O2/c1-21-28(32(3)19-23-9-12-25(13-10-23)31-22(2)36)35-20-24(11-14-27(35)30-21)29(37)34-17-15-33(16-18-34)26-7-5-4-6-8-26/h4-14,20H,15-19H2,1-3H3,(H,31,36). The van der Waals surface area contributed by atoms with Crippen LogP contribution in [0.15, 0.2) is 72.9 Å². The summed E-state index contributed by atoms with van der Waals surface area (Å²) in [5.41, 5.74) is 5.45. The van der Waals surface area contributed by atoms with Crippen molar-refractivity contribution in [2.45, 2.75) is 20.4 Å². The molecular formula is C29H32N6O2. The summed E-state index contributed by atoms with van der Waals surface area (Å²) in [6, 6.07) is 21.9. The summed E-state index contributed by atoms with van der Waals surface area (Å²) < 4.78 is 2.01. The molecule has 2 aromatic carbocycles. The lowest BCUT2D eigenvalue weighted by atomic mass is 10.2. The van der Waals surface area contributed by atoms with Gasteiger partial charge in [0.05, 0.1) is 11.3 Å². The zero-order valence-electron chi connectivity index (χ0n) is 21.5. The molecule has 0 atom stereocenters. The highest BCUT2D eigenvalue weighted by Gasteiger charge is 2.23. The fraction of sp³-hybridized carbons (Fsp3) is 0.276. The van der Waals surface area contributed by atoms with E-state index in [4.69, 9.17) is 4.98 Å². The second-order valence-corrected chi connectivity index (χ2v) is 9.52. The van der Waals surface area contributed by atoms with Gasteiger partial charge in [-0.1, -0.05) is 30.3 Å². The Morgan fingerprint density at radius 3 is 2.32 bits per heavy atom. The van der Waals surface area contributed by atoms with Crippen LogP contribution in [-0.4, -0.2) is 59.3 Å². The van der Waals surface area contributed by atoms with E-state index in [2.05, 4.69) is 27.2 Å². The Bertz CT molecular complexity index is 1410. The molecule has 1 aliphatic heterocycles. The molecule has 0 saturated carbocycles. The number of nitrogens with zero attached hydrogens (tertiary/aromatic N) is 5. The number of hydrogen-bond donors (Lipinski definition) is 1. The van der Waals surface area contributed by atoms with Gasteiger partial charge in [-0.2, -0.15) is 0 Å². The van der Waals surface area contributed by atoms with Gasteiger partial charge in [-0.25, -0.2) is 4.98 Å². The molecule has 1 aliphatic rings. The first-order valence-corrected chi connectivity index (χ1v) is 12.5. The minimum Gasteiger partial charge on any atom is -0.368 e. The number of aryl methyl sites for hydroxylation is 1. The molecule has 8 heteroatoms. The first-order valence-electron chi connectivity index (χ1n) is 12.5. The van der Waals surface area contributed by atoms with E-state index >= 15 is 0 Å². The van der Waals surface area contributed by atoms with Crippen molar-refractivity contribution in [1.82, 2.24) is 14.3 Å². The molecule has 1 saturated heterocycles. The van der Waals surface area contributed by atoms with Crippen molar-refractivity contribution in [1.29, 1.82) is 0 Å². The lowest BCUT2D eigenvalue weighted by Gasteiger charge is -2.36. The van der Waals surface area contributed by atoms with Crippen LogP contribution in [0.5, 0.6) is 0 Å². The predicted molar refractivity (Wildman–Crippen MR) is 147 cm³/mol. The Balaban J connectivity index is 1.31. The number of carbonyl (C=O) groups is 2. The van der Waals surface area contributed by atoms with Crippen LogP contribution in [-0.2, 0) is 11.3 Å². The van der Waals surface area contributed by atoms with Gasteiger partial charge in [-0.05, 0) is 48.9 Å². The number of anilines is 3. The lowest BCUT2D eigenvalue weighted by molar-refractivity contribution is -0.114. The fourth-order valence-corrected chi connectivity index (χ4v) is 4.97. The minimum absolute atomic E-state index is 0.0446. The first kappa shape index (κ1) is 24.4. The highest BCUT2D eigenvalue weighted by atomic mass is 16.2. The van der Waals surface area contributed by atoms with Gasteiger partial charge in [0.1, 0.15) is 11.5 Å². The summed E-state index contributed by atoms with van der Waals surface area (Å²) in [6.45, 7) is 7.16. The van der Waals surface area contributed by atoms with Gasteiger partial charge in [0.25, 0.3) is 5.91 Å². The molecule has 2 amide bonds. The van der Waals surface area contributed by atoms with E-state index in [0.29, 0.717) is 25.2 Å². The number of benzene rings is 2. The van der Waals surface area contributed by atoms with Gasteiger partial charge in [-0.15, -0.1) is 0 Å². The number of para-hydroxylation sites is 1. The topological polar surface area (TPSA) is 73.2 Å². The van der Waals surface area contributed by atoms with Crippen molar-refractivity contribution >= 4 is 34.7 Å². The van der Waals surface area contributed by atoms with Crippen LogP contribution >= 0.6 is 0 Å². The van der Waals surface area contributed by atoms with Crippen molar-refractivity contribution in [3.8, 4) is 0 Å². The van der Waals surface area contributed by atoms with E-state index in [1.807, 2.05) is 84.1 Å². The summed E-state index contributed by atoms with van der Waals surface area (Å²) >= 11 is 0. The molecule has 0 aliphatic carbocycles. The highest BCUT2D eigenvalue weighted by Crippen LogP contribution is 2.25. The number of piperazine rings is 1. The fourth-order valence-electron chi connectivity index (χ4n) is 4.97. The maximum absolute atomic E-state index is 13.4. The molecule has 1 N–H and O–H groups in total. The number of imidazole rings is 1. The van der Waals surface area contributed by atoms with Gasteiger partial charge in [0, 0.05) is 64.3 Å².